The number of rotatable bonds is 9. The Bertz CT molecular complexity index is 1360. The van der Waals surface area contributed by atoms with E-state index in [2.05, 4.69) is 22.3 Å². The highest BCUT2D eigenvalue weighted by Gasteiger charge is 2.45. The smallest absolute Gasteiger partial charge is 0.243 e. The number of halogens is 3. The van der Waals surface area contributed by atoms with Gasteiger partial charge in [0.2, 0.25) is 11.8 Å². The quantitative estimate of drug-likeness (QED) is 0.309. The summed E-state index contributed by atoms with van der Waals surface area (Å²) in [5.41, 5.74) is 9.33. The van der Waals surface area contributed by atoms with E-state index in [4.69, 9.17) is 28.9 Å². The number of carbonyl (C=O) groups excluding carboxylic acids is 2. The molecule has 7 nitrogen and oxygen atoms in total. The summed E-state index contributed by atoms with van der Waals surface area (Å²) in [5, 5.41) is 13.7. The maximum atomic E-state index is 14.1. The van der Waals surface area contributed by atoms with Crippen molar-refractivity contribution >= 4 is 47.4 Å². The Kier molecular flexibility index (Phi) is 11.1. The molecule has 3 aromatic rings. The van der Waals surface area contributed by atoms with E-state index in [0.717, 1.165) is 30.4 Å². The zero-order valence-electron chi connectivity index (χ0n) is 23.3. The molecule has 5 rings (SSSR count). The minimum Gasteiger partial charge on any atom is -0.508 e. The third-order valence-electron chi connectivity index (χ3n) is 8.22. The van der Waals surface area contributed by atoms with E-state index in [9.17, 15) is 14.7 Å². The van der Waals surface area contributed by atoms with Crippen LogP contribution in [0.1, 0.15) is 36.0 Å². The van der Waals surface area contributed by atoms with Crippen molar-refractivity contribution in [2.24, 2.45) is 5.73 Å². The summed E-state index contributed by atoms with van der Waals surface area (Å²) >= 11 is 12.2. The van der Waals surface area contributed by atoms with Gasteiger partial charge in [0.05, 0.1) is 16.1 Å². The number of nitrogens with zero attached hydrogens (tertiary/aromatic N) is 2. The largest absolute Gasteiger partial charge is 0.508 e. The minimum absolute atomic E-state index is 0. The maximum absolute atomic E-state index is 14.1. The molecule has 2 heterocycles. The fraction of sp³-hybridized carbons (Fsp3) is 0.375. The molecule has 0 bridgehead atoms. The molecule has 4 N–H and O–H groups in total. The molecule has 0 radical (unpaired) electrons. The van der Waals surface area contributed by atoms with Gasteiger partial charge in [0, 0.05) is 38.1 Å². The van der Waals surface area contributed by atoms with Crippen LogP contribution in [0.25, 0.3) is 0 Å². The van der Waals surface area contributed by atoms with Gasteiger partial charge in [-0.05, 0) is 66.6 Å². The number of aromatic hydroxyl groups is 1. The minimum atomic E-state index is -0.721. The molecule has 224 valence electrons. The normalized spacial score (nSPS) is 21.3. The van der Waals surface area contributed by atoms with Crippen LogP contribution in [0, 0.1) is 0 Å². The SMILES string of the molecule is Cl.N[C@@H]1C[C@H]2C(=O)N([C@H](Cc3ccc(O)cc3)C(=O)NCc3ccc(Cl)c(Cl)c3)CCC(CCc3ccccc3)N2C1. The van der Waals surface area contributed by atoms with E-state index in [1.165, 1.54) is 5.56 Å². The molecule has 2 fully saturated rings. The van der Waals surface area contributed by atoms with E-state index in [-0.39, 0.29) is 54.6 Å². The molecular formula is C32H37Cl3N4O3. The molecule has 42 heavy (non-hydrogen) atoms. The first kappa shape index (κ1) is 32.1. The summed E-state index contributed by atoms with van der Waals surface area (Å²) in [6, 6.07) is 21.4. The van der Waals surface area contributed by atoms with Crippen LogP contribution < -0.4 is 11.1 Å². The van der Waals surface area contributed by atoms with Crippen molar-refractivity contribution in [1.29, 1.82) is 0 Å². The van der Waals surface area contributed by atoms with E-state index < -0.39 is 6.04 Å². The predicted molar refractivity (Wildman–Crippen MR) is 169 cm³/mol. The summed E-state index contributed by atoms with van der Waals surface area (Å²) in [5.74, 6) is -0.139. The Morgan fingerprint density at radius 2 is 1.71 bits per heavy atom. The van der Waals surface area contributed by atoms with Crippen LogP contribution in [0.2, 0.25) is 10.0 Å². The number of hydrogen-bond donors (Lipinski definition) is 3. The molecule has 4 atom stereocenters. The second-order valence-corrected chi connectivity index (χ2v) is 11.9. The summed E-state index contributed by atoms with van der Waals surface area (Å²) in [6.45, 7) is 1.41. The first-order valence-electron chi connectivity index (χ1n) is 14.1. The van der Waals surface area contributed by atoms with Gasteiger partial charge >= 0.3 is 0 Å². The fourth-order valence-corrected chi connectivity index (χ4v) is 6.37. The molecule has 0 saturated carbocycles. The van der Waals surface area contributed by atoms with E-state index >= 15 is 0 Å². The lowest BCUT2D eigenvalue weighted by Crippen LogP contribution is -2.54. The van der Waals surface area contributed by atoms with Crippen LogP contribution in [0.3, 0.4) is 0 Å². The number of carbonyl (C=O) groups is 2. The average Bonchev–Trinajstić information content (AvgIpc) is 3.31. The molecule has 3 aromatic carbocycles. The Morgan fingerprint density at radius 3 is 2.43 bits per heavy atom. The summed E-state index contributed by atoms with van der Waals surface area (Å²) in [7, 11) is 0. The molecule has 0 spiro atoms. The number of phenols is 1. The lowest BCUT2D eigenvalue weighted by Gasteiger charge is -2.32. The number of nitrogens with two attached hydrogens (primary N) is 1. The van der Waals surface area contributed by atoms with Gasteiger partial charge in [0.25, 0.3) is 0 Å². The zero-order valence-corrected chi connectivity index (χ0v) is 25.6. The lowest BCUT2D eigenvalue weighted by molar-refractivity contribution is -0.142. The van der Waals surface area contributed by atoms with Gasteiger partial charge < -0.3 is 21.1 Å². The van der Waals surface area contributed by atoms with Gasteiger partial charge in [-0.25, -0.2) is 0 Å². The van der Waals surface area contributed by atoms with E-state index in [1.54, 1.807) is 41.3 Å². The first-order valence-corrected chi connectivity index (χ1v) is 14.9. The topological polar surface area (TPSA) is 98.9 Å². The highest BCUT2D eigenvalue weighted by atomic mass is 35.5. The highest BCUT2D eigenvalue weighted by molar-refractivity contribution is 6.42. The standard InChI is InChI=1S/C32H36Cl2N4O3.ClH/c33-27-13-9-23(16-28(27)34)19-36-31(40)29(17-22-7-11-26(39)12-8-22)37-15-14-25(10-6-21-4-2-1-3-5-21)38-20-24(35)18-30(38)32(37)41;/h1-5,7-9,11-13,16,24-25,29-30,39H,6,10,14-15,17-20,35H2,(H,36,40);1H/t24-,25?,29-,30+;/m1./s1. The first-order chi connectivity index (χ1) is 19.8. The summed E-state index contributed by atoms with van der Waals surface area (Å²) in [6.07, 6.45) is 3.49. The zero-order chi connectivity index (χ0) is 28.9. The van der Waals surface area contributed by atoms with Crippen molar-refractivity contribution in [1.82, 2.24) is 15.1 Å². The van der Waals surface area contributed by atoms with Crippen molar-refractivity contribution in [3.05, 3.63) is 99.5 Å². The van der Waals surface area contributed by atoms with Gasteiger partial charge in [-0.3, -0.25) is 14.5 Å². The number of nitrogens with one attached hydrogen (secondary N) is 1. The van der Waals surface area contributed by atoms with Crippen molar-refractivity contribution < 1.29 is 14.7 Å². The number of fused-ring (bicyclic) bond motifs is 1. The summed E-state index contributed by atoms with van der Waals surface area (Å²) in [4.78, 5) is 31.9. The number of benzene rings is 3. The lowest BCUT2D eigenvalue weighted by atomic mass is 10.0. The molecule has 2 amide bonds. The molecule has 2 aliphatic rings. The second-order valence-electron chi connectivity index (χ2n) is 11.1. The van der Waals surface area contributed by atoms with Crippen molar-refractivity contribution in [2.75, 3.05) is 13.1 Å². The number of aryl methyl sites for hydroxylation is 1. The van der Waals surface area contributed by atoms with Crippen LogP contribution in [-0.4, -0.2) is 64.0 Å². The van der Waals surface area contributed by atoms with Gasteiger partial charge in [-0.1, -0.05) is 71.7 Å². The van der Waals surface area contributed by atoms with Gasteiger partial charge in [0.1, 0.15) is 11.8 Å². The van der Waals surface area contributed by atoms with Gasteiger partial charge in [-0.2, -0.15) is 0 Å². The fourth-order valence-electron chi connectivity index (χ4n) is 6.05. The number of phenolic OH excluding ortho intramolecular Hbond substituents is 1. The number of hydrogen-bond acceptors (Lipinski definition) is 5. The Hall–Kier alpha value is -2.81. The third kappa shape index (κ3) is 7.77. The van der Waals surface area contributed by atoms with E-state index in [0.29, 0.717) is 36.0 Å². The van der Waals surface area contributed by atoms with Gasteiger partial charge in [0.15, 0.2) is 0 Å². The van der Waals surface area contributed by atoms with Gasteiger partial charge in [-0.15, -0.1) is 12.4 Å². The van der Waals surface area contributed by atoms with Crippen molar-refractivity contribution in [3.8, 4) is 5.75 Å². The highest BCUT2D eigenvalue weighted by Crippen LogP contribution is 2.30. The van der Waals surface area contributed by atoms with Crippen molar-refractivity contribution in [3.63, 3.8) is 0 Å². The Balaban J connectivity index is 0.00000405. The van der Waals surface area contributed by atoms with Crippen LogP contribution in [-0.2, 0) is 29.0 Å². The number of amides is 2. The van der Waals surface area contributed by atoms with Crippen LogP contribution in [0.4, 0.5) is 0 Å². The maximum Gasteiger partial charge on any atom is 0.243 e. The molecular weight excluding hydrogens is 595 g/mol. The average molecular weight is 632 g/mol. The third-order valence-corrected chi connectivity index (χ3v) is 8.96. The van der Waals surface area contributed by atoms with Crippen molar-refractivity contribution in [2.45, 2.75) is 62.8 Å². The predicted octanol–water partition coefficient (Wildman–Crippen LogP) is 4.98. The molecule has 10 heteroatoms. The van der Waals surface area contributed by atoms with Crippen LogP contribution in [0.15, 0.2) is 72.8 Å². The molecule has 0 aromatic heterocycles. The summed E-state index contributed by atoms with van der Waals surface area (Å²) < 4.78 is 0. The Morgan fingerprint density at radius 1 is 1.00 bits per heavy atom. The monoisotopic (exact) mass is 630 g/mol. The molecule has 2 saturated heterocycles. The van der Waals surface area contributed by atoms with Crippen LogP contribution >= 0.6 is 35.6 Å². The molecule has 1 unspecified atom stereocenters. The second kappa shape index (κ2) is 14.6. The van der Waals surface area contributed by atoms with Crippen LogP contribution in [0.5, 0.6) is 5.75 Å². The van der Waals surface area contributed by atoms with E-state index in [1.807, 2.05) is 24.3 Å². The Labute approximate surface area is 263 Å². The molecule has 2 aliphatic heterocycles. The molecule has 0 aliphatic carbocycles.